The largest absolute Gasteiger partial charge is 0.479 e. The van der Waals surface area contributed by atoms with Crippen LogP contribution < -0.4 is 5.32 Å². The molecule has 0 bridgehead atoms. The molecule has 2 saturated heterocycles. The lowest BCUT2D eigenvalue weighted by Gasteiger charge is -2.48. The number of carboxylic acid groups (broad SMARTS) is 1. The van der Waals surface area contributed by atoms with E-state index in [1.165, 1.54) is 14.0 Å². The number of hydrogen-bond acceptors (Lipinski definition) is 11. The molecule has 37 heavy (non-hydrogen) atoms. The van der Waals surface area contributed by atoms with Gasteiger partial charge in [-0.25, -0.2) is 4.79 Å². The third-order valence-corrected chi connectivity index (χ3v) is 8.22. The van der Waals surface area contributed by atoms with Gasteiger partial charge in [-0.15, -0.1) is 0 Å². The van der Waals surface area contributed by atoms with E-state index in [2.05, 4.69) is 5.32 Å². The molecule has 14 heteroatoms. The lowest BCUT2D eigenvalue weighted by atomic mass is 9.89. The van der Waals surface area contributed by atoms with Gasteiger partial charge in [0, 0.05) is 14.0 Å². The molecule has 2 aliphatic heterocycles. The molecule has 2 rings (SSSR count). The van der Waals surface area contributed by atoms with Crippen molar-refractivity contribution >= 4 is 20.4 Å². The summed E-state index contributed by atoms with van der Waals surface area (Å²) in [4.78, 5) is 24.1. The molecule has 0 aromatic heterocycles. The molecular formula is C23H43NO12Si. The van der Waals surface area contributed by atoms with E-state index in [1.807, 2.05) is 0 Å². The summed E-state index contributed by atoms with van der Waals surface area (Å²) in [6, 6.07) is -1.10. The first-order valence-corrected chi connectivity index (χ1v) is 15.3. The van der Waals surface area contributed by atoms with Gasteiger partial charge in [0.05, 0.1) is 18.8 Å². The summed E-state index contributed by atoms with van der Waals surface area (Å²) in [5.74, 6) is -2.18. The Labute approximate surface area is 218 Å². The van der Waals surface area contributed by atoms with E-state index in [4.69, 9.17) is 27.8 Å². The highest BCUT2D eigenvalue weighted by Crippen LogP contribution is 2.33. The fourth-order valence-corrected chi connectivity index (χ4v) is 5.01. The Balaban J connectivity index is 2.42. The van der Waals surface area contributed by atoms with E-state index in [0.717, 1.165) is 0 Å². The second-order valence-electron chi connectivity index (χ2n) is 10.5. The Morgan fingerprint density at radius 2 is 1.62 bits per heavy atom. The predicted octanol–water partition coefficient (Wildman–Crippen LogP) is -0.650. The topological polar surface area (TPSA) is 182 Å². The molecule has 0 spiro atoms. The van der Waals surface area contributed by atoms with Gasteiger partial charge < -0.3 is 53.5 Å². The van der Waals surface area contributed by atoms with Crippen LogP contribution in [0.1, 0.15) is 34.6 Å². The van der Waals surface area contributed by atoms with Crippen molar-refractivity contribution in [3.05, 3.63) is 0 Å². The van der Waals surface area contributed by atoms with E-state index in [9.17, 15) is 30.0 Å². The van der Waals surface area contributed by atoms with Crippen LogP contribution in [-0.4, -0.2) is 122 Å². The molecule has 0 saturated carbocycles. The fourth-order valence-electron chi connectivity index (χ4n) is 4.33. The molecule has 216 valence electrons. The minimum absolute atomic E-state index is 0.108. The maximum absolute atomic E-state index is 12.1. The molecule has 0 aromatic carbocycles. The molecule has 2 fully saturated rings. The van der Waals surface area contributed by atoms with Crippen LogP contribution in [0.5, 0.6) is 0 Å². The molecule has 5 N–H and O–H groups in total. The number of carbonyl (C=O) groups is 2. The number of carboxylic acids is 1. The highest BCUT2D eigenvalue weighted by atomic mass is 28.4. The van der Waals surface area contributed by atoms with Crippen molar-refractivity contribution in [2.75, 3.05) is 13.7 Å². The smallest absolute Gasteiger partial charge is 0.335 e. The van der Waals surface area contributed by atoms with E-state index >= 15 is 0 Å². The average molecular weight is 554 g/mol. The first kappa shape index (κ1) is 32.0. The summed E-state index contributed by atoms with van der Waals surface area (Å²) in [5.41, 5.74) is 0. The van der Waals surface area contributed by atoms with Crippen molar-refractivity contribution in [2.24, 2.45) is 5.92 Å². The first-order valence-electron chi connectivity index (χ1n) is 12.4. The highest BCUT2D eigenvalue weighted by molar-refractivity contribution is 6.64. The molecule has 13 nitrogen and oxygen atoms in total. The van der Waals surface area contributed by atoms with Crippen LogP contribution in [0.25, 0.3) is 0 Å². The molecule has 2 aliphatic rings. The van der Waals surface area contributed by atoms with Gasteiger partial charge in [0.15, 0.2) is 12.4 Å². The second-order valence-corrected chi connectivity index (χ2v) is 14.0. The van der Waals surface area contributed by atoms with Crippen molar-refractivity contribution in [1.29, 1.82) is 0 Å². The summed E-state index contributed by atoms with van der Waals surface area (Å²) >= 11 is 0. The van der Waals surface area contributed by atoms with Crippen LogP contribution in [0, 0.1) is 5.92 Å². The number of rotatable bonds is 11. The summed E-state index contributed by atoms with van der Waals surface area (Å²) in [6.07, 6.45) is -12.3. The van der Waals surface area contributed by atoms with Gasteiger partial charge in [0.2, 0.25) is 5.91 Å². The molecule has 0 aliphatic carbocycles. The maximum atomic E-state index is 12.1. The second kappa shape index (κ2) is 13.2. The summed E-state index contributed by atoms with van der Waals surface area (Å²) in [5, 5.41) is 45.1. The minimum Gasteiger partial charge on any atom is -0.479 e. The van der Waals surface area contributed by atoms with Crippen molar-refractivity contribution in [3.8, 4) is 0 Å². The van der Waals surface area contributed by atoms with E-state index < -0.39 is 81.6 Å². The monoisotopic (exact) mass is 553 g/mol. The summed E-state index contributed by atoms with van der Waals surface area (Å²) in [6.45, 7) is 11.7. The van der Waals surface area contributed by atoms with Gasteiger partial charge in [-0.05, 0) is 32.9 Å². The van der Waals surface area contributed by atoms with Gasteiger partial charge in [0.25, 0.3) is 0 Å². The Morgan fingerprint density at radius 3 is 2.11 bits per heavy atom. The number of nitrogens with one attached hydrogen (secondary N) is 1. The number of aliphatic hydroxyl groups is 3. The normalized spacial score (nSPS) is 37.1. The van der Waals surface area contributed by atoms with Crippen molar-refractivity contribution in [1.82, 2.24) is 5.32 Å². The van der Waals surface area contributed by atoms with E-state index in [0.29, 0.717) is 0 Å². The van der Waals surface area contributed by atoms with Gasteiger partial charge >= 0.3 is 14.5 Å². The van der Waals surface area contributed by atoms with Crippen molar-refractivity contribution < 1.29 is 57.8 Å². The number of ether oxygens (including phenoxy) is 4. The van der Waals surface area contributed by atoms with Crippen LogP contribution in [0.15, 0.2) is 0 Å². The molecular weight excluding hydrogens is 510 g/mol. The third kappa shape index (κ3) is 8.14. The van der Waals surface area contributed by atoms with Crippen molar-refractivity contribution in [2.45, 2.75) is 115 Å². The first-order chi connectivity index (χ1) is 17.1. The summed E-state index contributed by atoms with van der Waals surface area (Å²) < 4.78 is 34.7. The Hall–Kier alpha value is -1.20. The molecule has 1 amide bonds. The zero-order valence-corrected chi connectivity index (χ0v) is 23.7. The van der Waals surface area contributed by atoms with Gasteiger partial charge in [-0.2, -0.15) is 0 Å². The zero-order chi connectivity index (χ0) is 28.2. The number of aliphatic carboxylic acids is 1. The van der Waals surface area contributed by atoms with E-state index in [1.54, 1.807) is 40.8 Å². The van der Waals surface area contributed by atoms with Crippen molar-refractivity contribution in [3.63, 3.8) is 0 Å². The number of amides is 1. The van der Waals surface area contributed by atoms with Gasteiger partial charge in [0.1, 0.15) is 42.7 Å². The molecule has 10 atom stereocenters. The number of aliphatic hydroxyl groups excluding tert-OH is 3. The molecule has 2 heterocycles. The number of carbonyl (C=O) groups excluding carboxylic acids is 1. The van der Waals surface area contributed by atoms with Crippen LogP contribution in [0.3, 0.4) is 0 Å². The Bertz CT molecular complexity index is 768. The standard InChI is InChI=1S/C23H43NO12Si/c1-10(2)18-16(27)17(28)20(21(35-18)22(29)30)36-23-14(24-12(5)25)19(33-11(3)4)15(26)13(34-23)9-32-37(7,8)31-6/h10-11,13-21,23,26-28H,9H2,1-8H3,(H,24,25)(H,29,30). The van der Waals surface area contributed by atoms with Crippen LogP contribution in [-0.2, 0) is 37.4 Å². The maximum Gasteiger partial charge on any atom is 0.335 e. The third-order valence-electron chi connectivity index (χ3n) is 6.38. The summed E-state index contributed by atoms with van der Waals surface area (Å²) in [7, 11) is -1.02. The Morgan fingerprint density at radius 1 is 1.00 bits per heavy atom. The zero-order valence-electron chi connectivity index (χ0n) is 22.7. The molecule has 0 aromatic rings. The molecule has 10 unspecified atom stereocenters. The van der Waals surface area contributed by atoms with Crippen LogP contribution >= 0.6 is 0 Å². The molecule has 0 radical (unpaired) electrons. The van der Waals surface area contributed by atoms with Crippen LogP contribution in [0.2, 0.25) is 13.1 Å². The lowest BCUT2D eigenvalue weighted by molar-refractivity contribution is -0.325. The predicted molar refractivity (Wildman–Crippen MR) is 131 cm³/mol. The minimum atomic E-state index is -2.53. The average Bonchev–Trinajstić information content (AvgIpc) is 2.79. The quantitative estimate of drug-likeness (QED) is 0.204. The van der Waals surface area contributed by atoms with Gasteiger partial charge in [-0.1, -0.05) is 13.8 Å². The van der Waals surface area contributed by atoms with Gasteiger partial charge in [-0.3, -0.25) is 4.79 Å². The van der Waals surface area contributed by atoms with Crippen LogP contribution in [0.4, 0.5) is 0 Å². The SMILES string of the molecule is CO[Si](C)(C)OCC1OC(OC2C(C(=O)O)OC(C(C)C)C(O)C2O)C(NC(C)=O)C(OC(C)C)C1O. The lowest BCUT2D eigenvalue weighted by Crippen LogP contribution is -2.69. The number of hydrogen-bond donors (Lipinski definition) is 5. The fraction of sp³-hybridized carbons (Fsp3) is 0.913. The van der Waals surface area contributed by atoms with E-state index in [-0.39, 0.29) is 18.6 Å². The Kier molecular flexibility index (Phi) is 11.5. The highest BCUT2D eigenvalue weighted by Gasteiger charge is 2.54.